The number of halogens is 1. The summed E-state index contributed by atoms with van der Waals surface area (Å²) in [5, 5.41) is 7.05. The van der Waals surface area contributed by atoms with E-state index in [1.54, 1.807) is 7.11 Å². The average molecular weight is 451 g/mol. The highest BCUT2D eigenvalue weighted by Crippen LogP contribution is 2.41. The Hall–Kier alpha value is -0.0800. The summed E-state index contributed by atoms with van der Waals surface area (Å²) in [6.45, 7) is 4.79. The van der Waals surface area contributed by atoms with Crippen molar-refractivity contribution in [3.8, 4) is 0 Å². The first kappa shape index (κ1) is 20.2. The number of hydrogen-bond donors (Lipinski definition) is 2. The first-order valence-electron chi connectivity index (χ1n) is 9.44. The predicted octanol–water partition coefficient (Wildman–Crippen LogP) is 3.08. The minimum Gasteiger partial charge on any atom is -0.385 e. The van der Waals surface area contributed by atoms with Gasteiger partial charge in [0.15, 0.2) is 5.96 Å². The molecule has 0 aromatic heterocycles. The molecule has 3 aliphatic rings. The SMILES string of the molecule is CCNC(=NCC1(CCOC)CCCC1)NC1CC2CCC1O2.I. The maximum absolute atomic E-state index is 5.95. The maximum Gasteiger partial charge on any atom is 0.191 e. The van der Waals surface area contributed by atoms with Crippen molar-refractivity contribution in [1.82, 2.24) is 10.6 Å². The van der Waals surface area contributed by atoms with E-state index in [2.05, 4.69) is 17.6 Å². The minimum atomic E-state index is 0. The van der Waals surface area contributed by atoms with Crippen LogP contribution < -0.4 is 10.6 Å². The third kappa shape index (κ3) is 4.97. The van der Waals surface area contributed by atoms with E-state index in [4.69, 9.17) is 14.5 Å². The number of ether oxygens (including phenoxy) is 2. The number of hydrogen-bond acceptors (Lipinski definition) is 3. The van der Waals surface area contributed by atoms with E-state index in [-0.39, 0.29) is 24.0 Å². The Labute approximate surface area is 163 Å². The highest BCUT2D eigenvalue weighted by molar-refractivity contribution is 14.0. The summed E-state index contributed by atoms with van der Waals surface area (Å²) in [5.74, 6) is 0.970. The molecule has 1 saturated carbocycles. The van der Waals surface area contributed by atoms with Gasteiger partial charge in [-0.2, -0.15) is 0 Å². The highest BCUT2D eigenvalue weighted by atomic mass is 127. The zero-order valence-corrected chi connectivity index (χ0v) is 17.5. The van der Waals surface area contributed by atoms with Crippen molar-refractivity contribution in [2.45, 2.75) is 76.5 Å². The predicted molar refractivity (Wildman–Crippen MR) is 108 cm³/mol. The number of methoxy groups -OCH3 is 1. The van der Waals surface area contributed by atoms with Gasteiger partial charge in [-0.25, -0.2) is 0 Å². The Balaban J connectivity index is 0.00000208. The zero-order chi connectivity index (χ0) is 16.1. The minimum absolute atomic E-state index is 0. The largest absolute Gasteiger partial charge is 0.385 e. The Kier molecular flexibility index (Phi) is 8.07. The summed E-state index contributed by atoms with van der Waals surface area (Å²) in [6.07, 6.45) is 10.8. The summed E-state index contributed by atoms with van der Waals surface area (Å²) in [6, 6.07) is 0.435. The molecule has 0 aromatic rings. The van der Waals surface area contributed by atoms with Gasteiger partial charge in [0.05, 0.1) is 18.2 Å². The lowest BCUT2D eigenvalue weighted by Crippen LogP contribution is -2.47. The standard InChI is InChI=1S/C18H33N3O2.HI/c1-3-19-17(21-15-12-14-6-7-16(15)23-14)20-13-18(10-11-22-2)8-4-5-9-18;/h14-16H,3-13H2,1-2H3,(H2,19,20,21);1H. The maximum atomic E-state index is 5.95. The highest BCUT2D eigenvalue weighted by Gasteiger charge is 2.41. The number of fused-ring (bicyclic) bond motifs is 2. The normalized spacial score (nSPS) is 31.1. The fraction of sp³-hybridized carbons (Fsp3) is 0.944. The molecular formula is C18H34IN3O2. The van der Waals surface area contributed by atoms with E-state index in [9.17, 15) is 0 Å². The molecule has 3 rings (SSSR count). The summed E-state index contributed by atoms with van der Waals surface area (Å²) < 4.78 is 11.3. The molecule has 0 radical (unpaired) electrons. The van der Waals surface area contributed by atoms with Gasteiger partial charge in [0, 0.05) is 26.8 Å². The topological polar surface area (TPSA) is 54.9 Å². The van der Waals surface area contributed by atoms with E-state index in [0.29, 0.717) is 23.7 Å². The van der Waals surface area contributed by atoms with Crippen LogP contribution >= 0.6 is 24.0 Å². The van der Waals surface area contributed by atoms with Crippen LogP contribution in [0.5, 0.6) is 0 Å². The fourth-order valence-electron chi connectivity index (χ4n) is 4.46. The van der Waals surface area contributed by atoms with Crippen LogP contribution in [0.1, 0.15) is 58.3 Å². The van der Waals surface area contributed by atoms with Crippen LogP contribution in [0, 0.1) is 5.41 Å². The van der Waals surface area contributed by atoms with Gasteiger partial charge in [0.2, 0.25) is 0 Å². The number of nitrogens with one attached hydrogen (secondary N) is 2. The summed E-state index contributed by atoms with van der Waals surface area (Å²) in [4.78, 5) is 4.95. The van der Waals surface area contributed by atoms with Gasteiger partial charge in [-0.3, -0.25) is 4.99 Å². The van der Waals surface area contributed by atoms with Crippen molar-refractivity contribution in [1.29, 1.82) is 0 Å². The Morgan fingerprint density at radius 1 is 1.29 bits per heavy atom. The number of nitrogens with zero attached hydrogens (tertiary/aromatic N) is 1. The van der Waals surface area contributed by atoms with Gasteiger partial charge in [-0.1, -0.05) is 12.8 Å². The Morgan fingerprint density at radius 2 is 2.08 bits per heavy atom. The number of aliphatic imine (C=N–C) groups is 1. The van der Waals surface area contributed by atoms with Crippen molar-refractivity contribution >= 4 is 29.9 Å². The quantitative estimate of drug-likeness (QED) is 0.355. The first-order chi connectivity index (χ1) is 11.2. The van der Waals surface area contributed by atoms with Crippen molar-refractivity contribution in [3.63, 3.8) is 0 Å². The van der Waals surface area contributed by atoms with Gasteiger partial charge < -0.3 is 20.1 Å². The Morgan fingerprint density at radius 3 is 2.67 bits per heavy atom. The van der Waals surface area contributed by atoms with Gasteiger partial charge in [0.1, 0.15) is 0 Å². The van der Waals surface area contributed by atoms with E-state index < -0.39 is 0 Å². The van der Waals surface area contributed by atoms with Crippen molar-refractivity contribution in [2.24, 2.45) is 10.4 Å². The fourth-order valence-corrected chi connectivity index (χ4v) is 4.46. The van der Waals surface area contributed by atoms with Crippen LogP contribution in [-0.4, -0.2) is 51.0 Å². The molecule has 2 N–H and O–H groups in total. The molecule has 2 saturated heterocycles. The molecule has 5 nitrogen and oxygen atoms in total. The van der Waals surface area contributed by atoms with Gasteiger partial charge in [-0.05, 0) is 50.9 Å². The molecule has 3 fully saturated rings. The van der Waals surface area contributed by atoms with Crippen LogP contribution in [0.4, 0.5) is 0 Å². The van der Waals surface area contributed by atoms with Gasteiger partial charge in [0.25, 0.3) is 0 Å². The van der Waals surface area contributed by atoms with Crippen LogP contribution in [0.3, 0.4) is 0 Å². The molecule has 6 heteroatoms. The van der Waals surface area contributed by atoms with E-state index in [1.165, 1.54) is 38.5 Å². The van der Waals surface area contributed by atoms with Crippen LogP contribution in [0.25, 0.3) is 0 Å². The number of guanidine groups is 1. The third-order valence-electron chi connectivity index (χ3n) is 5.85. The second kappa shape index (κ2) is 9.57. The first-order valence-corrected chi connectivity index (χ1v) is 9.44. The molecule has 140 valence electrons. The second-order valence-corrected chi connectivity index (χ2v) is 7.51. The lowest BCUT2D eigenvalue weighted by molar-refractivity contribution is 0.0992. The molecule has 0 spiro atoms. The summed E-state index contributed by atoms with van der Waals surface area (Å²) in [5.41, 5.74) is 0.351. The smallest absolute Gasteiger partial charge is 0.191 e. The van der Waals surface area contributed by atoms with E-state index in [1.807, 2.05) is 0 Å². The van der Waals surface area contributed by atoms with Gasteiger partial charge in [-0.15, -0.1) is 24.0 Å². The third-order valence-corrected chi connectivity index (χ3v) is 5.85. The molecule has 2 bridgehead atoms. The molecule has 3 unspecified atom stereocenters. The van der Waals surface area contributed by atoms with Gasteiger partial charge >= 0.3 is 0 Å². The summed E-state index contributed by atoms with van der Waals surface area (Å²) in [7, 11) is 1.80. The summed E-state index contributed by atoms with van der Waals surface area (Å²) >= 11 is 0. The molecule has 3 atom stereocenters. The van der Waals surface area contributed by atoms with E-state index in [0.717, 1.165) is 38.5 Å². The lowest BCUT2D eigenvalue weighted by Gasteiger charge is -2.28. The van der Waals surface area contributed by atoms with E-state index >= 15 is 0 Å². The van der Waals surface area contributed by atoms with Crippen LogP contribution in [0.15, 0.2) is 4.99 Å². The molecule has 1 aliphatic carbocycles. The second-order valence-electron chi connectivity index (χ2n) is 7.51. The van der Waals surface area contributed by atoms with Crippen molar-refractivity contribution in [2.75, 3.05) is 26.8 Å². The lowest BCUT2D eigenvalue weighted by atomic mass is 9.83. The molecular weight excluding hydrogens is 417 g/mol. The molecule has 2 aliphatic heterocycles. The monoisotopic (exact) mass is 451 g/mol. The van der Waals surface area contributed by atoms with Crippen molar-refractivity contribution in [3.05, 3.63) is 0 Å². The van der Waals surface area contributed by atoms with Crippen LogP contribution in [-0.2, 0) is 9.47 Å². The van der Waals surface area contributed by atoms with Crippen LogP contribution in [0.2, 0.25) is 0 Å². The average Bonchev–Trinajstić information content (AvgIpc) is 3.28. The molecule has 0 aromatic carbocycles. The molecule has 0 amide bonds. The molecule has 2 heterocycles. The van der Waals surface area contributed by atoms with Crippen molar-refractivity contribution < 1.29 is 9.47 Å². The Bertz CT molecular complexity index is 413. The number of rotatable bonds is 7. The zero-order valence-electron chi connectivity index (χ0n) is 15.2. The molecule has 24 heavy (non-hydrogen) atoms.